The van der Waals surface area contributed by atoms with Crippen LogP contribution in [-0.2, 0) is 9.53 Å². The summed E-state index contributed by atoms with van der Waals surface area (Å²) in [7, 11) is 0. The fraction of sp³-hybridized carbons (Fsp3) is 0.278. The fourth-order valence-electron chi connectivity index (χ4n) is 2.21. The number of hydrogen-bond acceptors (Lipinski definition) is 5. The molecule has 0 spiro atoms. The van der Waals surface area contributed by atoms with E-state index in [0.29, 0.717) is 18.0 Å². The van der Waals surface area contributed by atoms with E-state index in [1.165, 1.54) is 0 Å². The summed E-state index contributed by atoms with van der Waals surface area (Å²) in [6.45, 7) is 2.40. The van der Waals surface area contributed by atoms with Crippen molar-refractivity contribution in [1.82, 2.24) is 15.0 Å². The number of pyridine rings is 1. The molecule has 6 heteroatoms. The summed E-state index contributed by atoms with van der Waals surface area (Å²) in [6, 6.07) is 11.2. The van der Waals surface area contributed by atoms with Crippen LogP contribution in [0.25, 0.3) is 22.6 Å². The Hall–Kier alpha value is -2.89. The minimum absolute atomic E-state index is 0.0857. The molecule has 0 aliphatic carbocycles. The summed E-state index contributed by atoms with van der Waals surface area (Å²) in [5.41, 5.74) is 2.50. The van der Waals surface area contributed by atoms with Crippen LogP contribution in [0.3, 0.4) is 0 Å². The summed E-state index contributed by atoms with van der Waals surface area (Å²) >= 11 is 0. The summed E-state index contributed by atoms with van der Waals surface area (Å²) < 4.78 is 10.5. The standard InChI is InChI=1S/C18H19N3O3/c1-2-3-11-23-16(22)12-24-14-8-6-13(7-9-14)17-20-15-5-4-10-19-18(15)21-17/h4-10H,2-3,11-12H2,1H3,(H,19,20,21). The Labute approximate surface area is 139 Å². The maximum Gasteiger partial charge on any atom is 0.344 e. The van der Waals surface area contributed by atoms with Gasteiger partial charge in [0.15, 0.2) is 12.3 Å². The topological polar surface area (TPSA) is 77.1 Å². The van der Waals surface area contributed by atoms with E-state index in [0.717, 1.165) is 29.7 Å². The number of benzene rings is 1. The van der Waals surface area contributed by atoms with Gasteiger partial charge >= 0.3 is 5.97 Å². The summed E-state index contributed by atoms with van der Waals surface area (Å²) in [6.07, 6.45) is 3.57. The van der Waals surface area contributed by atoms with Gasteiger partial charge in [-0.15, -0.1) is 0 Å². The van der Waals surface area contributed by atoms with Crippen LogP contribution in [0.4, 0.5) is 0 Å². The van der Waals surface area contributed by atoms with E-state index in [9.17, 15) is 4.79 Å². The predicted molar refractivity (Wildman–Crippen MR) is 90.7 cm³/mol. The van der Waals surface area contributed by atoms with Gasteiger partial charge in [-0.3, -0.25) is 0 Å². The monoisotopic (exact) mass is 325 g/mol. The van der Waals surface area contributed by atoms with E-state index in [1.54, 1.807) is 18.3 Å². The van der Waals surface area contributed by atoms with Gasteiger partial charge in [0.05, 0.1) is 12.1 Å². The lowest BCUT2D eigenvalue weighted by Crippen LogP contribution is -2.15. The first-order valence-corrected chi connectivity index (χ1v) is 7.96. The van der Waals surface area contributed by atoms with Gasteiger partial charge in [0.25, 0.3) is 0 Å². The molecule has 0 fully saturated rings. The van der Waals surface area contributed by atoms with Crippen molar-refractivity contribution in [3.63, 3.8) is 0 Å². The van der Waals surface area contributed by atoms with Gasteiger partial charge in [-0.1, -0.05) is 13.3 Å². The van der Waals surface area contributed by atoms with Gasteiger partial charge in [-0.25, -0.2) is 14.8 Å². The lowest BCUT2D eigenvalue weighted by molar-refractivity contribution is -0.146. The second-order valence-corrected chi connectivity index (χ2v) is 5.35. The van der Waals surface area contributed by atoms with Crippen molar-refractivity contribution in [3.05, 3.63) is 42.6 Å². The molecule has 0 bridgehead atoms. The number of carbonyl (C=O) groups is 1. The zero-order valence-electron chi connectivity index (χ0n) is 13.5. The molecule has 0 radical (unpaired) electrons. The largest absolute Gasteiger partial charge is 0.482 e. The third-order valence-electron chi connectivity index (χ3n) is 3.50. The molecule has 0 unspecified atom stereocenters. The molecule has 2 heterocycles. The Morgan fingerprint density at radius 2 is 2.04 bits per heavy atom. The van der Waals surface area contributed by atoms with Crippen LogP contribution in [-0.4, -0.2) is 34.1 Å². The number of aromatic nitrogens is 3. The van der Waals surface area contributed by atoms with Crippen LogP contribution in [0.1, 0.15) is 19.8 Å². The second kappa shape index (κ2) is 7.59. The molecule has 1 aromatic carbocycles. The normalized spacial score (nSPS) is 10.7. The van der Waals surface area contributed by atoms with Crippen molar-refractivity contribution in [2.24, 2.45) is 0 Å². The number of aromatic amines is 1. The van der Waals surface area contributed by atoms with Crippen LogP contribution in [0.5, 0.6) is 5.75 Å². The van der Waals surface area contributed by atoms with Crippen LogP contribution in [0.15, 0.2) is 42.6 Å². The Kier molecular flexibility index (Phi) is 5.05. The van der Waals surface area contributed by atoms with Crippen molar-refractivity contribution in [1.29, 1.82) is 0 Å². The number of esters is 1. The van der Waals surface area contributed by atoms with Crippen LogP contribution in [0.2, 0.25) is 0 Å². The molecule has 6 nitrogen and oxygen atoms in total. The number of hydrogen-bond donors (Lipinski definition) is 1. The SMILES string of the molecule is CCCCOC(=O)COc1ccc(-c2nc3ncccc3[nH]2)cc1. The van der Waals surface area contributed by atoms with Crippen molar-refractivity contribution in [2.45, 2.75) is 19.8 Å². The smallest absolute Gasteiger partial charge is 0.344 e. The maximum atomic E-state index is 11.5. The van der Waals surface area contributed by atoms with Crippen LogP contribution >= 0.6 is 0 Å². The highest BCUT2D eigenvalue weighted by Crippen LogP contribution is 2.22. The molecule has 3 rings (SSSR count). The van der Waals surface area contributed by atoms with Crippen molar-refractivity contribution in [3.8, 4) is 17.1 Å². The highest BCUT2D eigenvalue weighted by molar-refractivity contribution is 5.75. The average Bonchev–Trinajstić information content (AvgIpc) is 3.05. The molecule has 0 aliphatic rings. The number of ether oxygens (including phenoxy) is 2. The molecule has 0 amide bonds. The molecule has 0 aliphatic heterocycles. The molecule has 3 aromatic rings. The first-order valence-electron chi connectivity index (χ1n) is 7.96. The first-order chi connectivity index (χ1) is 11.8. The maximum absolute atomic E-state index is 11.5. The van der Waals surface area contributed by atoms with Crippen LogP contribution < -0.4 is 4.74 Å². The lowest BCUT2D eigenvalue weighted by atomic mass is 10.2. The number of carbonyl (C=O) groups excluding carboxylic acids is 1. The zero-order valence-corrected chi connectivity index (χ0v) is 13.5. The number of unbranched alkanes of at least 4 members (excludes halogenated alkanes) is 1. The van der Waals surface area contributed by atoms with E-state index in [1.807, 2.05) is 31.2 Å². The molecule has 1 N–H and O–H groups in total. The van der Waals surface area contributed by atoms with Gasteiger partial charge in [0.2, 0.25) is 0 Å². The molecule has 0 atom stereocenters. The number of imidazole rings is 1. The van der Waals surface area contributed by atoms with Crippen molar-refractivity contribution >= 4 is 17.1 Å². The van der Waals surface area contributed by atoms with Gasteiger partial charge in [-0.2, -0.15) is 0 Å². The second-order valence-electron chi connectivity index (χ2n) is 5.35. The van der Waals surface area contributed by atoms with Gasteiger partial charge < -0.3 is 14.5 Å². The molecule has 24 heavy (non-hydrogen) atoms. The third-order valence-corrected chi connectivity index (χ3v) is 3.50. The Bertz CT molecular complexity index is 779. The minimum Gasteiger partial charge on any atom is -0.482 e. The van der Waals surface area contributed by atoms with Gasteiger partial charge in [0, 0.05) is 11.8 Å². The minimum atomic E-state index is -0.351. The van der Waals surface area contributed by atoms with Gasteiger partial charge in [0.1, 0.15) is 11.6 Å². The summed E-state index contributed by atoms with van der Waals surface area (Å²) in [4.78, 5) is 23.4. The molecule has 0 saturated carbocycles. The molecule has 0 saturated heterocycles. The first kappa shape index (κ1) is 16.0. The Morgan fingerprint density at radius 1 is 1.21 bits per heavy atom. The average molecular weight is 325 g/mol. The molecular formula is C18H19N3O3. The van der Waals surface area contributed by atoms with E-state index in [2.05, 4.69) is 15.0 Å². The quantitative estimate of drug-likeness (QED) is 0.532. The highest BCUT2D eigenvalue weighted by Gasteiger charge is 2.07. The number of fused-ring (bicyclic) bond motifs is 1. The summed E-state index contributed by atoms with van der Waals surface area (Å²) in [5.74, 6) is 1.01. The molecule has 124 valence electrons. The van der Waals surface area contributed by atoms with E-state index < -0.39 is 0 Å². The molecular weight excluding hydrogens is 306 g/mol. The van der Waals surface area contributed by atoms with Gasteiger partial charge in [-0.05, 0) is 42.8 Å². The number of nitrogens with one attached hydrogen (secondary N) is 1. The Balaban J connectivity index is 1.60. The van der Waals surface area contributed by atoms with Crippen molar-refractivity contribution < 1.29 is 14.3 Å². The van der Waals surface area contributed by atoms with E-state index in [4.69, 9.17) is 9.47 Å². The fourth-order valence-corrected chi connectivity index (χ4v) is 2.21. The molecule has 2 aromatic heterocycles. The predicted octanol–water partition coefficient (Wildman–Crippen LogP) is 3.35. The van der Waals surface area contributed by atoms with Crippen molar-refractivity contribution in [2.75, 3.05) is 13.2 Å². The highest BCUT2D eigenvalue weighted by atomic mass is 16.6. The number of H-pyrrole nitrogens is 1. The lowest BCUT2D eigenvalue weighted by Gasteiger charge is -2.07. The Morgan fingerprint density at radius 3 is 2.79 bits per heavy atom. The van der Waals surface area contributed by atoms with E-state index >= 15 is 0 Å². The number of nitrogens with zero attached hydrogens (tertiary/aromatic N) is 2. The summed E-state index contributed by atoms with van der Waals surface area (Å²) in [5, 5.41) is 0. The van der Waals surface area contributed by atoms with E-state index in [-0.39, 0.29) is 12.6 Å². The zero-order chi connectivity index (χ0) is 16.8. The third kappa shape index (κ3) is 3.90. The number of rotatable bonds is 7. The van der Waals surface area contributed by atoms with Crippen LogP contribution in [0, 0.1) is 0 Å².